The van der Waals surface area contributed by atoms with Gasteiger partial charge in [0.2, 0.25) is 5.91 Å². The molecule has 0 radical (unpaired) electrons. The van der Waals surface area contributed by atoms with Crippen molar-refractivity contribution in [3.05, 3.63) is 29.8 Å². The zero-order chi connectivity index (χ0) is 13.1. The third-order valence-corrected chi connectivity index (χ3v) is 3.21. The maximum Gasteiger partial charge on any atom is 0.387 e. The molecule has 1 saturated heterocycles. The Hall–Kier alpha value is -1.65. The first kappa shape index (κ1) is 12.8. The molecule has 1 N–H and O–H groups in total. The van der Waals surface area contributed by atoms with Crippen LogP contribution in [0, 0.1) is 0 Å². The van der Waals surface area contributed by atoms with E-state index < -0.39 is 6.61 Å². The number of amides is 1. The Morgan fingerprint density at radius 3 is 2.61 bits per heavy atom. The van der Waals surface area contributed by atoms with Gasteiger partial charge < -0.3 is 10.1 Å². The van der Waals surface area contributed by atoms with E-state index in [2.05, 4.69) is 10.1 Å². The highest BCUT2D eigenvalue weighted by Gasteiger charge is 2.31. The molecule has 0 aliphatic carbocycles. The van der Waals surface area contributed by atoms with Gasteiger partial charge in [-0.2, -0.15) is 8.78 Å². The zero-order valence-corrected chi connectivity index (χ0v) is 10.0. The van der Waals surface area contributed by atoms with Crippen LogP contribution in [-0.2, 0) is 4.79 Å². The number of benzene rings is 1. The van der Waals surface area contributed by atoms with Gasteiger partial charge in [-0.05, 0) is 24.1 Å². The van der Waals surface area contributed by atoms with Gasteiger partial charge in [-0.1, -0.05) is 19.1 Å². The summed E-state index contributed by atoms with van der Waals surface area (Å²) < 4.78 is 28.3. The van der Waals surface area contributed by atoms with Crippen molar-refractivity contribution in [2.45, 2.75) is 38.3 Å². The lowest BCUT2D eigenvalue weighted by Crippen LogP contribution is -2.27. The summed E-state index contributed by atoms with van der Waals surface area (Å²) in [6.45, 7) is -0.800. The van der Waals surface area contributed by atoms with E-state index in [9.17, 15) is 13.6 Å². The lowest BCUT2D eigenvalue weighted by Gasteiger charge is -2.17. The van der Waals surface area contributed by atoms with Crippen LogP contribution in [0.15, 0.2) is 24.3 Å². The average molecular weight is 255 g/mol. The highest BCUT2D eigenvalue weighted by Crippen LogP contribution is 2.31. The van der Waals surface area contributed by atoms with Crippen LogP contribution in [0.2, 0.25) is 0 Å². The fraction of sp³-hybridized carbons (Fsp3) is 0.462. The van der Waals surface area contributed by atoms with E-state index >= 15 is 0 Å². The average Bonchev–Trinajstić information content (AvgIpc) is 2.71. The van der Waals surface area contributed by atoms with E-state index in [0.29, 0.717) is 6.42 Å². The van der Waals surface area contributed by atoms with Crippen molar-refractivity contribution in [2.75, 3.05) is 0 Å². The predicted octanol–water partition coefficient (Wildman–Crippen LogP) is 2.67. The molecule has 1 aliphatic heterocycles. The maximum absolute atomic E-state index is 12.0. The largest absolute Gasteiger partial charge is 0.435 e. The molecule has 1 aliphatic rings. The molecule has 0 aromatic heterocycles. The molecule has 5 heteroatoms. The van der Waals surface area contributed by atoms with Crippen LogP contribution >= 0.6 is 0 Å². The second-order valence-electron chi connectivity index (χ2n) is 4.34. The zero-order valence-electron chi connectivity index (χ0n) is 10.0. The van der Waals surface area contributed by atoms with Gasteiger partial charge >= 0.3 is 6.61 Å². The molecule has 1 amide bonds. The first-order valence-corrected chi connectivity index (χ1v) is 5.94. The Kier molecular flexibility index (Phi) is 3.79. The van der Waals surface area contributed by atoms with Gasteiger partial charge in [0.15, 0.2) is 0 Å². The second-order valence-corrected chi connectivity index (χ2v) is 4.34. The molecule has 18 heavy (non-hydrogen) atoms. The second kappa shape index (κ2) is 5.33. The van der Waals surface area contributed by atoms with Crippen molar-refractivity contribution >= 4 is 5.91 Å². The molecule has 3 nitrogen and oxygen atoms in total. The number of carbonyl (C=O) groups excluding carboxylic acids is 1. The van der Waals surface area contributed by atoms with Crippen molar-refractivity contribution in [1.29, 1.82) is 0 Å². The Bertz CT molecular complexity index is 420. The van der Waals surface area contributed by atoms with E-state index in [1.807, 2.05) is 6.92 Å². The molecular weight excluding hydrogens is 240 g/mol. The molecule has 1 aromatic carbocycles. The summed E-state index contributed by atoms with van der Waals surface area (Å²) in [5, 5.41) is 2.91. The Morgan fingerprint density at radius 1 is 1.39 bits per heavy atom. The molecule has 0 saturated carbocycles. The number of carbonyl (C=O) groups is 1. The first-order chi connectivity index (χ1) is 8.60. The van der Waals surface area contributed by atoms with Gasteiger partial charge in [0.05, 0.1) is 0 Å². The van der Waals surface area contributed by atoms with Crippen LogP contribution in [0.3, 0.4) is 0 Å². The number of hydrogen-bond donors (Lipinski definition) is 1. The van der Waals surface area contributed by atoms with Crippen molar-refractivity contribution in [3.63, 3.8) is 0 Å². The minimum Gasteiger partial charge on any atom is -0.435 e. The van der Waals surface area contributed by atoms with Gasteiger partial charge in [0.25, 0.3) is 0 Å². The van der Waals surface area contributed by atoms with Crippen LogP contribution in [0.1, 0.15) is 31.2 Å². The van der Waals surface area contributed by atoms with E-state index in [1.54, 1.807) is 12.1 Å². The van der Waals surface area contributed by atoms with Crippen LogP contribution in [0.25, 0.3) is 0 Å². The lowest BCUT2D eigenvalue weighted by molar-refractivity contribution is -0.119. The number of ether oxygens (including phenoxy) is 1. The summed E-state index contributed by atoms with van der Waals surface area (Å²) in [7, 11) is 0. The topological polar surface area (TPSA) is 38.3 Å². The highest BCUT2D eigenvalue weighted by molar-refractivity contribution is 5.80. The lowest BCUT2D eigenvalue weighted by atomic mass is 9.90. The van der Waals surface area contributed by atoms with Crippen molar-refractivity contribution in [3.8, 4) is 5.75 Å². The fourth-order valence-corrected chi connectivity index (χ4v) is 2.34. The number of halogens is 2. The quantitative estimate of drug-likeness (QED) is 0.898. The molecule has 1 fully saturated rings. The molecule has 1 aromatic rings. The normalized spacial score (nSPS) is 23.2. The molecule has 0 spiro atoms. The molecular formula is C13H15F2NO2. The summed E-state index contributed by atoms with van der Waals surface area (Å²) >= 11 is 0. The summed E-state index contributed by atoms with van der Waals surface area (Å²) in [4.78, 5) is 11.4. The molecule has 98 valence electrons. The van der Waals surface area contributed by atoms with E-state index in [-0.39, 0.29) is 23.6 Å². The first-order valence-electron chi connectivity index (χ1n) is 5.94. The number of hydrogen-bond acceptors (Lipinski definition) is 2. The molecule has 2 unspecified atom stereocenters. The predicted molar refractivity (Wildman–Crippen MR) is 62.7 cm³/mol. The summed E-state index contributed by atoms with van der Waals surface area (Å²) in [5.74, 6) is 0.293. The van der Waals surface area contributed by atoms with Crippen LogP contribution in [0.4, 0.5) is 8.78 Å². The minimum atomic E-state index is -2.81. The van der Waals surface area contributed by atoms with Gasteiger partial charge in [-0.3, -0.25) is 4.79 Å². The third kappa shape index (κ3) is 2.78. The molecule has 2 rings (SSSR count). The summed E-state index contributed by atoms with van der Waals surface area (Å²) in [6.07, 6.45) is 1.30. The highest BCUT2D eigenvalue weighted by atomic mass is 19.3. The van der Waals surface area contributed by atoms with E-state index in [1.165, 1.54) is 12.1 Å². The van der Waals surface area contributed by atoms with Crippen LogP contribution in [0.5, 0.6) is 5.75 Å². The summed E-state index contributed by atoms with van der Waals surface area (Å²) in [6, 6.07) is 6.63. The molecule has 0 bridgehead atoms. The summed E-state index contributed by atoms with van der Waals surface area (Å²) in [5.41, 5.74) is 0.974. The Labute approximate surface area is 104 Å². The molecule has 1 heterocycles. The monoisotopic (exact) mass is 255 g/mol. The SMILES string of the molecule is CCC1NC(=O)CC1c1ccc(OC(F)F)cc1. The standard InChI is InChI=1S/C13H15F2NO2/c1-2-11-10(7-12(17)16-11)8-3-5-9(6-4-8)18-13(14)15/h3-6,10-11,13H,2,7H2,1H3,(H,16,17). The number of nitrogens with one attached hydrogen (secondary N) is 1. The molecule has 2 atom stereocenters. The third-order valence-electron chi connectivity index (χ3n) is 3.21. The maximum atomic E-state index is 12.0. The van der Waals surface area contributed by atoms with E-state index in [4.69, 9.17) is 0 Å². The van der Waals surface area contributed by atoms with Crippen molar-refractivity contribution in [1.82, 2.24) is 5.32 Å². The van der Waals surface area contributed by atoms with Crippen LogP contribution < -0.4 is 10.1 Å². The van der Waals surface area contributed by atoms with Gasteiger partial charge in [-0.25, -0.2) is 0 Å². The van der Waals surface area contributed by atoms with Gasteiger partial charge in [0, 0.05) is 18.4 Å². The Balaban J connectivity index is 2.11. The van der Waals surface area contributed by atoms with Gasteiger partial charge in [-0.15, -0.1) is 0 Å². The minimum absolute atomic E-state index is 0.0414. The van der Waals surface area contributed by atoms with Gasteiger partial charge in [0.1, 0.15) is 5.75 Å². The van der Waals surface area contributed by atoms with Crippen molar-refractivity contribution in [2.24, 2.45) is 0 Å². The number of rotatable bonds is 4. The fourth-order valence-electron chi connectivity index (χ4n) is 2.34. The van der Waals surface area contributed by atoms with Crippen molar-refractivity contribution < 1.29 is 18.3 Å². The van der Waals surface area contributed by atoms with E-state index in [0.717, 1.165) is 12.0 Å². The van der Waals surface area contributed by atoms with Crippen LogP contribution in [-0.4, -0.2) is 18.6 Å². The number of alkyl halides is 2. The Morgan fingerprint density at radius 2 is 2.06 bits per heavy atom. The smallest absolute Gasteiger partial charge is 0.387 e.